The molecule has 0 N–H and O–H groups in total. The largest absolute Gasteiger partial charge is 0.494 e. The van der Waals surface area contributed by atoms with Gasteiger partial charge in [-0.3, -0.25) is 0 Å². The highest BCUT2D eigenvalue weighted by Crippen LogP contribution is 2.18. The number of rotatable bonds is 13. The first kappa shape index (κ1) is 19.8. The fourth-order valence-corrected chi connectivity index (χ4v) is 2.41. The van der Waals surface area contributed by atoms with Gasteiger partial charge in [-0.15, -0.1) is 0 Å². The minimum atomic E-state index is 0.789. The van der Waals surface area contributed by atoms with Gasteiger partial charge in [-0.1, -0.05) is 32.6 Å². The molecule has 23 heavy (non-hydrogen) atoms. The molecule has 0 unspecified atom stereocenters. The van der Waals surface area contributed by atoms with E-state index in [2.05, 4.69) is 28.1 Å². The molecule has 0 fully saturated rings. The predicted molar refractivity (Wildman–Crippen MR) is 98.3 cm³/mol. The molecule has 0 aliphatic heterocycles. The van der Waals surface area contributed by atoms with Crippen molar-refractivity contribution in [3.05, 3.63) is 24.3 Å². The molecule has 0 spiro atoms. The van der Waals surface area contributed by atoms with E-state index in [1.807, 2.05) is 24.3 Å². The van der Waals surface area contributed by atoms with Crippen molar-refractivity contribution >= 4 is 0 Å². The van der Waals surface area contributed by atoms with E-state index >= 15 is 0 Å². The average Bonchev–Trinajstić information content (AvgIpc) is 2.51. The molecular formula is C20H36NO2+. The molecule has 0 saturated carbocycles. The normalized spacial score (nSPS) is 11.5. The van der Waals surface area contributed by atoms with Crippen LogP contribution in [-0.2, 0) is 0 Å². The lowest BCUT2D eigenvalue weighted by molar-refractivity contribution is -0.870. The fraction of sp³-hybridized carbons (Fsp3) is 0.700. The summed E-state index contributed by atoms with van der Waals surface area (Å²) in [6, 6.07) is 8.03. The van der Waals surface area contributed by atoms with E-state index in [1.54, 1.807) is 0 Å². The van der Waals surface area contributed by atoms with Gasteiger partial charge in [0, 0.05) is 0 Å². The second-order valence-electron chi connectivity index (χ2n) is 7.30. The summed E-state index contributed by atoms with van der Waals surface area (Å²) >= 11 is 0. The highest BCUT2D eigenvalue weighted by atomic mass is 16.5. The van der Waals surface area contributed by atoms with Gasteiger partial charge in [0.05, 0.1) is 40.9 Å². The van der Waals surface area contributed by atoms with Gasteiger partial charge in [-0.05, 0) is 43.5 Å². The third-order valence-corrected chi connectivity index (χ3v) is 3.83. The molecule has 3 heteroatoms. The number of nitrogens with zero attached hydrogens (tertiary/aromatic N) is 1. The maximum atomic E-state index is 5.78. The van der Waals surface area contributed by atoms with Gasteiger partial charge in [0.25, 0.3) is 0 Å². The van der Waals surface area contributed by atoms with Crippen molar-refractivity contribution in [2.45, 2.75) is 51.9 Å². The SMILES string of the molecule is CCCCCCCOc1ccc(OCCCC[N+](C)(C)C)cc1. The van der Waals surface area contributed by atoms with Crippen LogP contribution in [0.15, 0.2) is 24.3 Å². The van der Waals surface area contributed by atoms with Crippen LogP contribution < -0.4 is 9.47 Å². The summed E-state index contributed by atoms with van der Waals surface area (Å²) in [7, 11) is 6.68. The average molecular weight is 323 g/mol. The first-order valence-corrected chi connectivity index (χ1v) is 9.17. The zero-order valence-corrected chi connectivity index (χ0v) is 15.6. The molecule has 132 valence electrons. The van der Waals surface area contributed by atoms with E-state index in [1.165, 1.54) is 38.6 Å². The monoisotopic (exact) mass is 322 g/mol. The van der Waals surface area contributed by atoms with Gasteiger partial charge < -0.3 is 14.0 Å². The van der Waals surface area contributed by atoms with Crippen molar-refractivity contribution in [3.63, 3.8) is 0 Å². The zero-order chi connectivity index (χ0) is 17.0. The topological polar surface area (TPSA) is 18.5 Å². The van der Waals surface area contributed by atoms with E-state index in [-0.39, 0.29) is 0 Å². The minimum Gasteiger partial charge on any atom is -0.494 e. The second kappa shape index (κ2) is 11.3. The third kappa shape index (κ3) is 11.0. The third-order valence-electron chi connectivity index (χ3n) is 3.83. The Bertz CT molecular complexity index is 395. The van der Waals surface area contributed by atoms with E-state index in [0.29, 0.717) is 0 Å². The molecule has 0 atom stereocenters. The molecule has 0 heterocycles. The molecule has 3 nitrogen and oxygen atoms in total. The van der Waals surface area contributed by atoms with Gasteiger partial charge in [0.2, 0.25) is 0 Å². The maximum Gasteiger partial charge on any atom is 0.119 e. The summed E-state index contributed by atoms with van der Waals surface area (Å²) in [6.07, 6.45) is 8.65. The predicted octanol–water partition coefficient (Wildman–Crippen LogP) is 4.90. The lowest BCUT2D eigenvalue weighted by atomic mass is 10.2. The summed E-state index contributed by atoms with van der Waals surface area (Å²) < 4.78 is 12.6. The molecule has 0 bridgehead atoms. The molecule has 1 rings (SSSR count). The molecule has 0 radical (unpaired) electrons. The van der Waals surface area contributed by atoms with Crippen molar-refractivity contribution in [2.75, 3.05) is 40.9 Å². The van der Waals surface area contributed by atoms with E-state index in [4.69, 9.17) is 9.47 Å². The van der Waals surface area contributed by atoms with Crippen LogP contribution in [0.25, 0.3) is 0 Å². The van der Waals surface area contributed by atoms with Crippen LogP contribution in [0.3, 0.4) is 0 Å². The van der Waals surface area contributed by atoms with Gasteiger partial charge in [0.1, 0.15) is 11.5 Å². The Morgan fingerprint density at radius 1 is 0.696 bits per heavy atom. The smallest absolute Gasteiger partial charge is 0.119 e. The Morgan fingerprint density at radius 2 is 1.17 bits per heavy atom. The van der Waals surface area contributed by atoms with Crippen LogP contribution in [0.1, 0.15) is 51.9 Å². The Labute approximate surface area is 143 Å². The van der Waals surface area contributed by atoms with Crippen LogP contribution in [0.4, 0.5) is 0 Å². The second-order valence-corrected chi connectivity index (χ2v) is 7.30. The molecule has 0 amide bonds. The number of unbranched alkanes of at least 4 members (excludes halogenated alkanes) is 5. The number of quaternary nitrogens is 1. The Hall–Kier alpha value is -1.22. The Balaban J connectivity index is 2.11. The quantitative estimate of drug-likeness (QED) is 0.380. The standard InChI is InChI=1S/C20H36NO2/c1-5-6-7-8-10-17-22-19-12-14-20(15-13-19)23-18-11-9-16-21(2,3)4/h12-15H,5-11,16-18H2,1-4H3/q+1. The first-order valence-electron chi connectivity index (χ1n) is 9.17. The van der Waals surface area contributed by atoms with Crippen LogP contribution in [0, 0.1) is 0 Å². The van der Waals surface area contributed by atoms with Crippen LogP contribution in [0.2, 0.25) is 0 Å². The molecule has 1 aromatic carbocycles. The van der Waals surface area contributed by atoms with Crippen LogP contribution >= 0.6 is 0 Å². The molecule has 0 saturated heterocycles. The van der Waals surface area contributed by atoms with E-state index in [9.17, 15) is 0 Å². The van der Waals surface area contributed by atoms with Crippen molar-refractivity contribution in [1.29, 1.82) is 0 Å². The summed E-state index contributed by atoms with van der Waals surface area (Å²) in [6.45, 7) is 5.03. The summed E-state index contributed by atoms with van der Waals surface area (Å²) in [5.74, 6) is 1.88. The minimum absolute atomic E-state index is 0.789. The lowest BCUT2D eigenvalue weighted by Crippen LogP contribution is -2.35. The van der Waals surface area contributed by atoms with Gasteiger partial charge in [0.15, 0.2) is 0 Å². The maximum absolute atomic E-state index is 5.78. The van der Waals surface area contributed by atoms with Gasteiger partial charge >= 0.3 is 0 Å². The number of hydrogen-bond donors (Lipinski definition) is 0. The van der Waals surface area contributed by atoms with E-state index in [0.717, 1.165) is 42.0 Å². The number of ether oxygens (including phenoxy) is 2. The highest BCUT2D eigenvalue weighted by Gasteiger charge is 2.05. The van der Waals surface area contributed by atoms with Crippen LogP contribution in [-0.4, -0.2) is 45.4 Å². The van der Waals surface area contributed by atoms with Crippen molar-refractivity contribution in [1.82, 2.24) is 0 Å². The molecular weight excluding hydrogens is 286 g/mol. The first-order chi connectivity index (χ1) is 11.0. The Kier molecular flexibility index (Phi) is 9.77. The number of hydrogen-bond acceptors (Lipinski definition) is 2. The Morgan fingerprint density at radius 3 is 1.65 bits per heavy atom. The summed E-state index contributed by atoms with van der Waals surface area (Å²) in [5.41, 5.74) is 0. The van der Waals surface area contributed by atoms with E-state index < -0.39 is 0 Å². The van der Waals surface area contributed by atoms with Gasteiger partial charge in [-0.2, -0.15) is 0 Å². The number of benzene rings is 1. The summed E-state index contributed by atoms with van der Waals surface area (Å²) in [4.78, 5) is 0. The molecule has 1 aromatic rings. The molecule has 0 aliphatic carbocycles. The van der Waals surface area contributed by atoms with Crippen molar-refractivity contribution < 1.29 is 14.0 Å². The highest BCUT2D eigenvalue weighted by molar-refractivity contribution is 5.31. The molecule has 0 aliphatic rings. The fourth-order valence-electron chi connectivity index (χ4n) is 2.41. The molecule has 0 aromatic heterocycles. The van der Waals surface area contributed by atoms with Crippen molar-refractivity contribution in [2.24, 2.45) is 0 Å². The van der Waals surface area contributed by atoms with Gasteiger partial charge in [-0.25, -0.2) is 0 Å². The zero-order valence-electron chi connectivity index (χ0n) is 15.6. The summed E-state index contributed by atoms with van der Waals surface area (Å²) in [5, 5.41) is 0. The lowest BCUT2D eigenvalue weighted by Gasteiger charge is -2.23. The van der Waals surface area contributed by atoms with Crippen molar-refractivity contribution in [3.8, 4) is 11.5 Å². The van der Waals surface area contributed by atoms with Crippen LogP contribution in [0.5, 0.6) is 11.5 Å².